The summed E-state index contributed by atoms with van der Waals surface area (Å²) >= 11 is 0. The quantitative estimate of drug-likeness (QED) is 0.626. The Bertz CT molecular complexity index is 798. The van der Waals surface area contributed by atoms with Crippen molar-refractivity contribution < 1.29 is 14.1 Å². The minimum absolute atomic E-state index is 0.0614. The summed E-state index contributed by atoms with van der Waals surface area (Å²) in [6.07, 6.45) is 6.95. The third-order valence-electron chi connectivity index (χ3n) is 5.98. The third kappa shape index (κ3) is 2.07. The standard InChI is InChI=1S/C19H20N2O3/c1-11-15-6-5-14(16(22)12-4-3-7-20-9-12)18(23)19(15,2)8-13-10-21-24-17(11)13/h3-4,7,9-11,14-15H,5-6,8H2,1-2H3/t11-,14?,15-,19-/m1/s1. The Labute approximate surface area is 140 Å². The van der Waals surface area contributed by atoms with Gasteiger partial charge in [-0.05, 0) is 37.3 Å². The lowest BCUT2D eigenvalue weighted by atomic mass is 9.54. The molecule has 0 spiro atoms. The van der Waals surface area contributed by atoms with Gasteiger partial charge in [0.05, 0.1) is 12.1 Å². The van der Waals surface area contributed by atoms with Crippen LogP contribution < -0.4 is 0 Å². The number of ketones is 2. The molecule has 2 aromatic rings. The number of pyridine rings is 1. The molecule has 1 fully saturated rings. The first kappa shape index (κ1) is 15.2. The minimum atomic E-state index is -0.566. The molecular formula is C19H20N2O3. The van der Waals surface area contributed by atoms with Crippen LogP contribution in [0.3, 0.4) is 0 Å². The number of rotatable bonds is 2. The second-order valence-electron chi connectivity index (χ2n) is 7.30. The monoisotopic (exact) mass is 324 g/mol. The first-order valence-electron chi connectivity index (χ1n) is 8.44. The van der Waals surface area contributed by atoms with Crippen molar-refractivity contribution in [2.45, 2.75) is 39.0 Å². The van der Waals surface area contributed by atoms with Crippen LogP contribution in [0.4, 0.5) is 0 Å². The van der Waals surface area contributed by atoms with Gasteiger partial charge >= 0.3 is 0 Å². The summed E-state index contributed by atoms with van der Waals surface area (Å²) in [7, 11) is 0. The molecule has 2 aromatic heterocycles. The molecule has 0 N–H and O–H groups in total. The molecule has 5 nitrogen and oxygen atoms in total. The average Bonchev–Trinajstić information content (AvgIpc) is 3.05. The third-order valence-corrected chi connectivity index (χ3v) is 5.98. The van der Waals surface area contributed by atoms with E-state index < -0.39 is 11.3 Å². The lowest BCUT2D eigenvalue weighted by molar-refractivity contribution is -0.139. The van der Waals surface area contributed by atoms with E-state index in [2.05, 4.69) is 17.1 Å². The molecule has 0 amide bonds. The van der Waals surface area contributed by atoms with Gasteiger partial charge in [0, 0.05) is 34.9 Å². The molecule has 124 valence electrons. The zero-order valence-corrected chi connectivity index (χ0v) is 13.9. The van der Waals surface area contributed by atoms with Crippen molar-refractivity contribution in [1.29, 1.82) is 0 Å². The smallest absolute Gasteiger partial charge is 0.174 e. The molecular weight excluding hydrogens is 304 g/mol. The Morgan fingerprint density at radius 2 is 2.17 bits per heavy atom. The fraction of sp³-hybridized carbons (Fsp3) is 0.474. The van der Waals surface area contributed by atoms with Crippen LogP contribution in [0, 0.1) is 17.3 Å². The Morgan fingerprint density at radius 1 is 1.33 bits per heavy atom. The molecule has 0 saturated heterocycles. The Kier molecular flexibility index (Phi) is 3.41. The normalized spacial score (nSPS) is 32.1. The highest BCUT2D eigenvalue weighted by atomic mass is 16.5. The van der Waals surface area contributed by atoms with Gasteiger partial charge in [0.25, 0.3) is 0 Å². The second-order valence-corrected chi connectivity index (χ2v) is 7.30. The van der Waals surface area contributed by atoms with Gasteiger partial charge in [0.15, 0.2) is 5.78 Å². The van der Waals surface area contributed by atoms with E-state index in [1.807, 2.05) is 6.92 Å². The molecule has 0 bridgehead atoms. The van der Waals surface area contributed by atoms with Crippen molar-refractivity contribution in [3.05, 3.63) is 47.6 Å². The highest BCUT2D eigenvalue weighted by Gasteiger charge is 2.55. The van der Waals surface area contributed by atoms with E-state index in [-0.39, 0.29) is 23.4 Å². The maximum Gasteiger partial charge on any atom is 0.174 e. The molecule has 4 atom stereocenters. The predicted molar refractivity (Wildman–Crippen MR) is 86.5 cm³/mol. The lowest BCUT2D eigenvalue weighted by Crippen LogP contribution is -2.51. The highest BCUT2D eigenvalue weighted by Crippen LogP contribution is 2.53. The summed E-state index contributed by atoms with van der Waals surface area (Å²) in [5, 5.41) is 3.91. The Morgan fingerprint density at radius 3 is 2.92 bits per heavy atom. The number of hydrogen-bond donors (Lipinski definition) is 0. The number of nitrogens with zero attached hydrogens (tertiary/aromatic N) is 2. The summed E-state index contributed by atoms with van der Waals surface area (Å²) in [6.45, 7) is 4.11. The molecule has 5 heteroatoms. The Balaban J connectivity index is 1.68. The number of carbonyl (C=O) groups excluding carboxylic acids is 2. The number of carbonyl (C=O) groups is 2. The SMILES string of the molecule is C[C@H]1c2oncc2C[C@@]2(C)C(=O)C(C(=O)c3cccnc3)CC[C@H]12. The van der Waals surface area contributed by atoms with E-state index in [0.717, 1.165) is 17.7 Å². The number of Topliss-reactive ketones (excluding diaryl/α,β-unsaturated/α-hetero) is 2. The Hall–Kier alpha value is -2.30. The number of hydrogen-bond acceptors (Lipinski definition) is 5. The number of aromatic nitrogens is 2. The molecule has 0 radical (unpaired) electrons. The van der Waals surface area contributed by atoms with Gasteiger partial charge < -0.3 is 4.52 Å². The van der Waals surface area contributed by atoms with Crippen LogP contribution in [0.1, 0.15) is 54.3 Å². The van der Waals surface area contributed by atoms with E-state index in [1.54, 1.807) is 30.7 Å². The molecule has 1 unspecified atom stereocenters. The summed E-state index contributed by atoms with van der Waals surface area (Å²) < 4.78 is 5.40. The molecule has 2 aliphatic carbocycles. The van der Waals surface area contributed by atoms with Gasteiger partial charge in [-0.1, -0.05) is 19.0 Å². The van der Waals surface area contributed by atoms with Crippen LogP contribution in [0.25, 0.3) is 0 Å². The van der Waals surface area contributed by atoms with Gasteiger partial charge in [-0.3, -0.25) is 14.6 Å². The van der Waals surface area contributed by atoms with Crippen molar-refractivity contribution in [2.75, 3.05) is 0 Å². The van der Waals surface area contributed by atoms with Crippen LogP contribution in [0.2, 0.25) is 0 Å². The molecule has 2 aliphatic rings. The molecule has 4 rings (SSSR count). The van der Waals surface area contributed by atoms with Crippen molar-refractivity contribution >= 4 is 11.6 Å². The summed E-state index contributed by atoms with van der Waals surface area (Å²) in [6, 6.07) is 3.47. The van der Waals surface area contributed by atoms with Gasteiger partial charge in [-0.2, -0.15) is 0 Å². The van der Waals surface area contributed by atoms with Gasteiger partial charge in [-0.15, -0.1) is 0 Å². The van der Waals surface area contributed by atoms with E-state index in [0.29, 0.717) is 18.4 Å². The fourth-order valence-electron chi connectivity index (χ4n) is 4.71. The van der Waals surface area contributed by atoms with Crippen LogP contribution in [0.5, 0.6) is 0 Å². The van der Waals surface area contributed by atoms with E-state index in [9.17, 15) is 9.59 Å². The van der Waals surface area contributed by atoms with Crippen molar-refractivity contribution in [3.8, 4) is 0 Å². The van der Waals surface area contributed by atoms with Crippen molar-refractivity contribution in [3.63, 3.8) is 0 Å². The van der Waals surface area contributed by atoms with Crippen molar-refractivity contribution in [1.82, 2.24) is 10.1 Å². The molecule has 2 heterocycles. The number of fused-ring (bicyclic) bond motifs is 2. The predicted octanol–water partition coefficient (Wildman–Crippen LogP) is 3.21. The molecule has 24 heavy (non-hydrogen) atoms. The van der Waals surface area contributed by atoms with Gasteiger partial charge in [0.2, 0.25) is 0 Å². The van der Waals surface area contributed by atoms with E-state index in [1.165, 1.54) is 0 Å². The van der Waals surface area contributed by atoms with E-state index >= 15 is 0 Å². The summed E-state index contributed by atoms with van der Waals surface area (Å²) in [5.74, 6) is 0.650. The molecule has 0 aromatic carbocycles. The summed E-state index contributed by atoms with van der Waals surface area (Å²) in [4.78, 5) is 30.1. The summed E-state index contributed by atoms with van der Waals surface area (Å²) in [5.41, 5.74) is 0.996. The van der Waals surface area contributed by atoms with Crippen LogP contribution >= 0.6 is 0 Å². The highest BCUT2D eigenvalue weighted by molar-refractivity contribution is 6.12. The zero-order valence-electron chi connectivity index (χ0n) is 13.9. The lowest BCUT2D eigenvalue weighted by Gasteiger charge is -2.47. The van der Waals surface area contributed by atoms with Crippen LogP contribution in [-0.4, -0.2) is 21.7 Å². The molecule has 1 saturated carbocycles. The largest absolute Gasteiger partial charge is 0.361 e. The molecule has 0 aliphatic heterocycles. The maximum atomic E-state index is 13.3. The first-order chi connectivity index (χ1) is 11.5. The first-order valence-corrected chi connectivity index (χ1v) is 8.44. The topological polar surface area (TPSA) is 73.1 Å². The average molecular weight is 324 g/mol. The fourth-order valence-corrected chi connectivity index (χ4v) is 4.71. The minimum Gasteiger partial charge on any atom is -0.361 e. The zero-order chi connectivity index (χ0) is 16.9. The van der Waals surface area contributed by atoms with Crippen LogP contribution in [-0.2, 0) is 11.2 Å². The van der Waals surface area contributed by atoms with Gasteiger partial charge in [0.1, 0.15) is 11.5 Å². The van der Waals surface area contributed by atoms with E-state index in [4.69, 9.17) is 4.52 Å². The van der Waals surface area contributed by atoms with Crippen molar-refractivity contribution in [2.24, 2.45) is 17.3 Å². The van der Waals surface area contributed by atoms with Crippen LogP contribution in [0.15, 0.2) is 35.2 Å². The van der Waals surface area contributed by atoms with Gasteiger partial charge in [-0.25, -0.2) is 0 Å². The maximum absolute atomic E-state index is 13.3. The second kappa shape index (κ2) is 5.36.